The van der Waals surface area contributed by atoms with Crippen molar-refractivity contribution in [2.45, 2.75) is 19.8 Å². The molecule has 2 aromatic carbocycles. The van der Waals surface area contributed by atoms with Crippen molar-refractivity contribution in [1.82, 2.24) is 10.2 Å². The van der Waals surface area contributed by atoms with Crippen molar-refractivity contribution in [3.05, 3.63) is 48.0 Å². The molecule has 3 rings (SSSR count). The topological polar surface area (TPSA) is 66.2 Å². The Kier molecular flexibility index (Phi) is 3.22. The van der Waals surface area contributed by atoms with Crippen molar-refractivity contribution in [3.8, 4) is 22.8 Å². The Morgan fingerprint density at radius 2 is 1.57 bits per heavy atom. The van der Waals surface area contributed by atoms with E-state index in [1.807, 2.05) is 44.2 Å². The molecule has 0 aliphatic carbocycles. The molecule has 0 aliphatic heterocycles. The average molecular weight is 280 g/mol. The van der Waals surface area contributed by atoms with E-state index in [9.17, 15) is 10.2 Å². The summed E-state index contributed by atoms with van der Waals surface area (Å²) in [5.41, 5.74) is 2.63. The van der Waals surface area contributed by atoms with Crippen LogP contribution in [0, 0.1) is 0 Å². The third-order valence-corrected chi connectivity index (χ3v) is 3.50. The number of aromatic hydroxyl groups is 2. The molecule has 0 aliphatic rings. The van der Waals surface area contributed by atoms with Crippen molar-refractivity contribution in [3.63, 3.8) is 0 Å². The van der Waals surface area contributed by atoms with Crippen molar-refractivity contribution >= 4 is 10.9 Å². The van der Waals surface area contributed by atoms with Gasteiger partial charge in [-0.1, -0.05) is 32.0 Å². The SMILES string of the molecule is CC(C)c1c(O)cc(-c2cc3ccccc3nn2)cc1O. The summed E-state index contributed by atoms with van der Waals surface area (Å²) in [6.45, 7) is 3.84. The Bertz CT molecular complexity index is 790. The molecular formula is C17H16N2O2. The number of hydrogen-bond donors (Lipinski definition) is 2. The van der Waals surface area contributed by atoms with Crippen molar-refractivity contribution in [2.24, 2.45) is 0 Å². The highest BCUT2D eigenvalue weighted by Gasteiger charge is 2.14. The van der Waals surface area contributed by atoms with Gasteiger partial charge in [0.15, 0.2) is 0 Å². The monoisotopic (exact) mass is 280 g/mol. The molecule has 1 heterocycles. The van der Waals surface area contributed by atoms with Crippen molar-refractivity contribution < 1.29 is 10.2 Å². The van der Waals surface area contributed by atoms with Crippen LogP contribution in [0.1, 0.15) is 25.3 Å². The maximum absolute atomic E-state index is 10.1. The number of hydrogen-bond acceptors (Lipinski definition) is 4. The number of phenols is 2. The molecule has 2 N–H and O–H groups in total. The molecule has 0 saturated heterocycles. The molecular weight excluding hydrogens is 264 g/mol. The van der Waals surface area contributed by atoms with Gasteiger partial charge in [0.25, 0.3) is 0 Å². The lowest BCUT2D eigenvalue weighted by Gasteiger charge is -2.12. The fourth-order valence-electron chi connectivity index (χ4n) is 2.49. The molecule has 0 atom stereocenters. The molecule has 1 aromatic heterocycles. The molecule has 0 radical (unpaired) electrons. The van der Waals surface area contributed by atoms with E-state index in [0.717, 1.165) is 10.9 Å². The minimum Gasteiger partial charge on any atom is -0.507 e. The van der Waals surface area contributed by atoms with E-state index in [4.69, 9.17) is 0 Å². The molecule has 3 aromatic rings. The van der Waals surface area contributed by atoms with Crippen LogP contribution >= 0.6 is 0 Å². The second kappa shape index (κ2) is 5.05. The minimum absolute atomic E-state index is 0.0433. The second-order valence-corrected chi connectivity index (χ2v) is 5.37. The highest BCUT2D eigenvalue weighted by Crippen LogP contribution is 2.37. The van der Waals surface area contributed by atoms with Gasteiger partial charge in [-0.2, -0.15) is 0 Å². The van der Waals surface area contributed by atoms with Crippen molar-refractivity contribution in [2.75, 3.05) is 0 Å². The number of aromatic nitrogens is 2. The summed E-state index contributed by atoms with van der Waals surface area (Å²) in [7, 11) is 0. The Labute approximate surface area is 122 Å². The van der Waals surface area contributed by atoms with E-state index in [2.05, 4.69) is 10.2 Å². The molecule has 4 nitrogen and oxygen atoms in total. The van der Waals surface area contributed by atoms with Gasteiger partial charge < -0.3 is 10.2 Å². The highest BCUT2D eigenvalue weighted by atomic mass is 16.3. The predicted molar refractivity (Wildman–Crippen MR) is 82.4 cm³/mol. The lowest BCUT2D eigenvalue weighted by molar-refractivity contribution is 0.434. The van der Waals surface area contributed by atoms with Gasteiger partial charge in [0, 0.05) is 16.5 Å². The third-order valence-electron chi connectivity index (χ3n) is 3.50. The summed E-state index contributed by atoms with van der Waals surface area (Å²) in [6.07, 6.45) is 0. The van der Waals surface area contributed by atoms with E-state index in [1.165, 1.54) is 0 Å². The standard InChI is InChI=1S/C17H16N2O2/c1-10(2)17-15(20)8-12(9-16(17)21)14-7-11-5-3-4-6-13(11)18-19-14/h3-10,20-21H,1-2H3. The molecule has 0 fully saturated rings. The van der Waals surface area contributed by atoms with E-state index >= 15 is 0 Å². The first kappa shape index (κ1) is 13.4. The van der Waals surface area contributed by atoms with Crippen LogP contribution in [0.15, 0.2) is 42.5 Å². The Balaban J connectivity index is 2.14. The molecule has 4 heteroatoms. The van der Waals surface area contributed by atoms with E-state index in [1.54, 1.807) is 12.1 Å². The number of rotatable bonds is 2. The van der Waals surface area contributed by atoms with E-state index in [-0.39, 0.29) is 17.4 Å². The zero-order valence-corrected chi connectivity index (χ0v) is 11.9. The Hall–Kier alpha value is -2.62. The van der Waals surface area contributed by atoms with Gasteiger partial charge in [0.1, 0.15) is 11.5 Å². The smallest absolute Gasteiger partial charge is 0.123 e. The third kappa shape index (κ3) is 2.40. The first-order valence-corrected chi connectivity index (χ1v) is 6.85. The number of phenolic OH excluding ortho intramolecular Hbond substituents is 2. The molecule has 0 unspecified atom stereocenters. The molecule has 0 amide bonds. The minimum atomic E-state index is 0.0433. The van der Waals surface area contributed by atoms with Crippen LogP contribution < -0.4 is 0 Å². The van der Waals surface area contributed by atoms with Crippen molar-refractivity contribution in [1.29, 1.82) is 0 Å². The summed E-state index contributed by atoms with van der Waals surface area (Å²) < 4.78 is 0. The van der Waals surface area contributed by atoms with Gasteiger partial charge in [-0.25, -0.2) is 0 Å². The van der Waals surface area contributed by atoms with Crippen LogP contribution in [0.5, 0.6) is 11.5 Å². The Morgan fingerprint density at radius 3 is 2.24 bits per heavy atom. The van der Waals surface area contributed by atoms with Gasteiger partial charge >= 0.3 is 0 Å². The van der Waals surface area contributed by atoms with Crippen LogP contribution in [0.25, 0.3) is 22.2 Å². The Morgan fingerprint density at radius 1 is 0.905 bits per heavy atom. The van der Waals surface area contributed by atoms with Gasteiger partial charge in [-0.05, 0) is 30.2 Å². The zero-order chi connectivity index (χ0) is 15.0. The summed E-state index contributed by atoms with van der Waals surface area (Å²) in [5, 5.41) is 29.5. The maximum Gasteiger partial charge on any atom is 0.123 e. The second-order valence-electron chi connectivity index (χ2n) is 5.37. The average Bonchev–Trinajstić information content (AvgIpc) is 2.45. The largest absolute Gasteiger partial charge is 0.507 e. The first-order valence-electron chi connectivity index (χ1n) is 6.85. The normalized spacial score (nSPS) is 11.2. The van der Waals surface area contributed by atoms with Gasteiger partial charge in [-0.3, -0.25) is 0 Å². The van der Waals surface area contributed by atoms with Gasteiger partial charge in [0.2, 0.25) is 0 Å². The lowest BCUT2D eigenvalue weighted by Crippen LogP contribution is -1.93. The van der Waals surface area contributed by atoms with Crippen LogP contribution in [0.4, 0.5) is 0 Å². The molecule has 21 heavy (non-hydrogen) atoms. The lowest BCUT2D eigenvalue weighted by atomic mass is 9.97. The fourth-order valence-corrected chi connectivity index (χ4v) is 2.49. The van der Waals surface area contributed by atoms with Crippen LogP contribution in [-0.2, 0) is 0 Å². The quantitative estimate of drug-likeness (QED) is 0.748. The van der Waals surface area contributed by atoms with E-state index < -0.39 is 0 Å². The summed E-state index contributed by atoms with van der Waals surface area (Å²) >= 11 is 0. The maximum atomic E-state index is 10.1. The molecule has 0 saturated carbocycles. The van der Waals surface area contributed by atoms with Crippen LogP contribution in [0.2, 0.25) is 0 Å². The predicted octanol–water partition coefficient (Wildman–Crippen LogP) is 3.83. The van der Waals surface area contributed by atoms with E-state index in [0.29, 0.717) is 16.8 Å². The summed E-state index contributed by atoms with van der Waals surface area (Å²) in [6, 6.07) is 12.8. The molecule has 0 spiro atoms. The molecule has 106 valence electrons. The zero-order valence-electron chi connectivity index (χ0n) is 11.9. The summed E-state index contributed by atoms with van der Waals surface area (Å²) in [5.74, 6) is 0.201. The fraction of sp³-hybridized carbons (Fsp3) is 0.176. The van der Waals surface area contributed by atoms with Crippen LogP contribution in [-0.4, -0.2) is 20.4 Å². The van der Waals surface area contributed by atoms with Gasteiger partial charge in [0.05, 0.1) is 11.2 Å². The van der Waals surface area contributed by atoms with Crippen LogP contribution in [0.3, 0.4) is 0 Å². The number of nitrogens with zero attached hydrogens (tertiary/aromatic N) is 2. The first-order chi connectivity index (χ1) is 10.1. The van der Waals surface area contributed by atoms with Gasteiger partial charge in [-0.15, -0.1) is 10.2 Å². The number of benzene rings is 2. The highest BCUT2D eigenvalue weighted by molar-refractivity contribution is 5.82. The number of fused-ring (bicyclic) bond motifs is 1. The molecule has 0 bridgehead atoms. The summed E-state index contributed by atoms with van der Waals surface area (Å²) in [4.78, 5) is 0.